The van der Waals surface area contributed by atoms with Gasteiger partial charge in [-0.05, 0) is 24.8 Å². The lowest BCUT2D eigenvalue weighted by atomic mass is 9.99. The monoisotopic (exact) mass is 290 g/mol. The Hall–Kier alpha value is -2.26. The molecule has 2 aromatic heterocycles. The van der Waals surface area contributed by atoms with E-state index in [-0.39, 0.29) is 18.5 Å². The summed E-state index contributed by atoms with van der Waals surface area (Å²) in [6.07, 6.45) is 5.43. The highest BCUT2D eigenvalue weighted by Gasteiger charge is 2.22. The Labute approximate surface area is 121 Å². The van der Waals surface area contributed by atoms with E-state index in [1.54, 1.807) is 23.1 Å². The van der Waals surface area contributed by atoms with Crippen LogP contribution in [0.25, 0.3) is 5.95 Å². The number of nitrogens with zero attached hydrogens (tertiary/aromatic N) is 6. The van der Waals surface area contributed by atoms with Crippen molar-refractivity contribution in [1.29, 1.82) is 0 Å². The van der Waals surface area contributed by atoms with Crippen LogP contribution >= 0.6 is 0 Å². The van der Waals surface area contributed by atoms with Gasteiger partial charge in [-0.3, -0.25) is 5.43 Å². The van der Waals surface area contributed by atoms with Crippen LogP contribution in [0.4, 0.5) is 11.9 Å². The third kappa shape index (κ3) is 2.93. The molecule has 0 aliphatic carbocycles. The van der Waals surface area contributed by atoms with Gasteiger partial charge in [-0.15, -0.1) is 0 Å². The molecule has 21 heavy (non-hydrogen) atoms. The number of anilines is 2. The van der Waals surface area contributed by atoms with Crippen molar-refractivity contribution in [2.75, 3.05) is 30.0 Å². The van der Waals surface area contributed by atoms with Crippen LogP contribution in [-0.2, 0) is 0 Å². The normalized spacial score (nSPS) is 18.8. The Bertz CT molecular complexity index is 587. The molecule has 1 aliphatic heterocycles. The molecule has 4 N–H and O–H groups in total. The maximum Gasteiger partial charge on any atom is 0.257 e. The lowest BCUT2D eigenvalue weighted by Gasteiger charge is -2.31. The minimum Gasteiger partial charge on any atom is -0.396 e. The summed E-state index contributed by atoms with van der Waals surface area (Å²) in [6, 6.07) is 1.79. The smallest absolute Gasteiger partial charge is 0.257 e. The van der Waals surface area contributed by atoms with Gasteiger partial charge in [0, 0.05) is 32.1 Å². The molecule has 9 nitrogen and oxygen atoms in total. The molecule has 0 aromatic carbocycles. The summed E-state index contributed by atoms with van der Waals surface area (Å²) in [4.78, 5) is 15.0. The van der Waals surface area contributed by atoms with Gasteiger partial charge in [-0.25, -0.2) is 10.5 Å². The molecule has 2 aromatic rings. The summed E-state index contributed by atoms with van der Waals surface area (Å²) in [5.74, 6) is 6.92. The van der Waals surface area contributed by atoms with Crippen molar-refractivity contribution in [3.05, 3.63) is 18.5 Å². The van der Waals surface area contributed by atoms with Gasteiger partial charge in [0.1, 0.15) is 0 Å². The minimum absolute atomic E-state index is 0.176. The zero-order valence-corrected chi connectivity index (χ0v) is 11.6. The predicted octanol–water partition coefficient (Wildman–Crippen LogP) is -0.448. The maximum atomic E-state index is 9.33. The Morgan fingerprint density at radius 3 is 2.90 bits per heavy atom. The summed E-state index contributed by atoms with van der Waals surface area (Å²) in [5, 5.41) is 13.5. The summed E-state index contributed by atoms with van der Waals surface area (Å²) < 4.78 is 1.56. The zero-order valence-electron chi connectivity index (χ0n) is 11.6. The van der Waals surface area contributed by atoms with Gasteiger partial charge in [-0.1, -0.05) is 0 Å². The van der Waals surface area contributed by atoms with E-state index in [9.17, 15) is 5.11 Å². The number of hydrogen-bond acceptors (Lipinski definition) is 8. The third-order valence-corrected chi connectivity index (χ3v) is 3.51. The number of aliphatic hydroxyl groups excluding tert-OH is 1. The number of rotatable bonds is 4. The van der Waals surface area contributed by atoms with Crippen LogP contribution in [-0.4, -0.2) is 49.5 Å². The van der Waals surface area contributed by atoms with Crippen molar-refractivity contribution in [3.63, 3.8) is 0 Å². The fourth-order valence-corrected chi connectivity index (χ4v) is 2.45. The molecule has 0 radical (unpaired) electrons. The number of hydrogen-bond donors (Lipinski definition) is 3. The summed E-state index contributed by atoms with van der Waals surface area (Å²) >= 11 is 0. The van der Waals surface area contributed by atoms with E-state index in [1.165, 1.54) is 0 Å². The molecule has 1 atom stereocenters. The van der Waals surface area contributed by atoms with E-state index in [0.717, 1.165) is 25.9 Å². The summed E-state index contributed by atoms with van der Waals surface area (Å²) in [5.41, 5.74) is 2.45. The molecule has 112 valence electrons. The second kappa shape index (κ2) is 6.02. The zero-order chi connectivity index (χ0) is 14.7. The van der Waals surface area contributed by atoms with Crippen LogP contribution in [0, 0.1) is 5.92 Å². The van der Waals surface area contributed by atoms with Crippen LogP contribution in [0.3, 0.4) is 0 Å². The summed E-state index contributed by atoms with van der Waals surface area (Å²) in [7, 11) is 0. The first-order chi connectivity index (χ1) is 10.3. The van der Waals surface area contributed by atoms with Crippen LogP contribution in [0.1, 0.15) is 12.8 Å². The van der Waals surface area contributed by atoms with Gasteiger partial charge in [0.15, 0.2) is 0 Å². The molecule has 1 aliphatic rings. The maximum absolute atomic E-state index is 9.33. The molecular weight excluding hydrogens is 272 g/mol. The topological polar surface area (TPSA) is 118 Å². The number of piperidine rings is 1. The molecular formula is C12H18N8O. The van der Waals surface area contributed by atoms with Crippen molar-refractivity contribution in [3.8, 4) is 5.95 Å². The Morgan fingerprint density at radius 2 is 2.19 bits per heavy atom. The lowest BCUT2D eigenvalue weighted by molar-refractivity contribution is 0.208. The largest absolute Gasteiger partial charge is 0.396 e. The fourth-order valence-electron chi connectivity index (χ4n) is 2.45. The van der Waals surface area contributed by atoms with Gasteiger partial charge in [0.05, 0.1) is 0 Å². The van der Waals surface area contributed by atoms with E-state index in [0.29, 0.717) is 11.9 Å². The van der Waals surface area contributed by atoms with Gasteiger partial charge in [0.2, 0.25) is 11.9 Å². The Kier molecular flexibility index (Phi) is 3.93. The molecule has 9 heteroatoms. The van der Waals surface area contributed by atoms with Gasteiger partial charge in [0.25, 0.3) is 5.95 Å². The molecule has 0 spiro atoms. The first-order valence-electron chi connectivity index (χ1n) is 6.88. The van der Waals surface area contributed by atoms with E-state index in [2.05, 4.69) is 25.5 Å². The number of aliphatic hydroxyl groups is 1. The number of hydrazine groups is 1. The quantitative estimate of drug-likeness (QED) is 0.512. The molecule has 1 fully saturated rings. The lowest BCUT2D eigenvalue weighted by Crippen LogP contribution is -2.38. The Balaban J connectivity index is 1.92. The molecule has 1 saturated heterocycles. The van der Waals surface area contributed by atoms with Crippen LogP contribution in [0.2, 0.25) is 0 Å². The summed E-state index contributed by atoms with van der Waals surface area (Å²) in [6.45, 7) is 1.75. The van der Waals surface area contributed by atoms with Crippen LogP contribution in [0.5, 0.6) is 0 Å². The van der Waals surface area contributed by atoms with Gasteiger partial charge < -0.3 is 10.0 Å². The number of aromatic nitrogens is 5. The standard InChI is InChI=1S/C12H18N8O/c13-18-10-15-11(19-5-1-3-9(7-19)8-21)17-12(16-10)20-6-2-4-14-20/h2,4,6,9,21H,1,3,5,7-8,13H2,(H,15,16,17,18). The minimum atomic E-state index is 0.176. The van der Waals surface area contributed by atoms with E-state index in [1.807, 2.05) is 4.90 Å². The fraction of sp³-hybridized carbons (Fsp3) is 0.500. The highest BCUT2D eigenvalue weighted by molar-refractivity contribution is 5.39. The van der Waals surface area contributed by atoms with Crippen molar-refractivity contribution in [2.45, 2.75) is 12.8 Å². The van der Waals surface area contributed by atoms with E-state index >= 15 is 0 Å². The number of nitrogens with two attached hydrogens (primary N) is 1. The molecule has 3 rings (SSSR count). The molecule has 0 bridgehead atoms. The molecule has 0 amide bonds. The molecule has 3 heterocycles. The number of nitrogen functional groups attached to an aromatic ring is 1. The highest BCUT2D eigenvalue weighted by atomic mass is 16.3. The average Bonchev–Trinajstić information content (AvgIpc) is 3.09. The number of nitrogens with one attached hydrogen (secondary N) is 1. The SMILES string of the molecule is NNc1nc(N2CCCC(CO)C2)nc(-n2cccn2)n1. The first kappa shape index (κ1) is 13.7. The van der Waals surface area contributed by atoms with Crippen LogP contribution < -0.4 is 16.2 Å². The van der Waals surface area contributed by atoms with Crippen molar-refractivity contribution in [1.82, 2.24) is 24.7 Å². The predicted molar refractivity (Wildman–Crippen MR) is 76.8 cm³/mol. The second-order valence-corrected chi connectivity index (χ2v) is 4.99. The van der Waals surface area contributed by atoms with Crippen molar-refractivity contribution >= 4 is 11.9 Å². The second-order valence-electron chi connectivity index (χ2n) is 4.99. The van der Waals surface area contributed by atoms with E-state index < -0.39 is 0 Å². The van der Waals surface area contributed by atoms with Gasteiger partial charge >= 0.3 is 0 Å². The van der Waals surface area contributed by atoms with E-state index in [4.69, 9.17) is 5.84 Å². The highest BCUT2D eigenvalue weighted by Crippen LogP contribution is 2.21. The van der Waals surface area contributed by atoms with Gasteiger partial charge in [-0.2, -0.15) is 20.1 Å². The molecule has 0 saturated carbocycles. The van der Waals surface area contributed by atoms with Crippen molar-refractivity contribution in [2.24, 2.45) is 11.8 Å². The van der Waals surface area contributed by atoms with Crippen molar-refractivity contribution < 1.29 is 5.11 Å². The van der Waals surface area contributed by atoms with Crippen LogP contribution in [0.15, 0.2) is 18.5 Å². The average molecular weight is 290 g/mol. The Morgan fingerprint density at radius 1 is 1.33 bits per heavy atom. The third-order valence-electron chi connectivity index (χ3n) is 3.51. The molecule has 1 unspecified atom stereocenters. The first-order valence-corrected chi connectivity index (χ1v) is 6.88.